The Kier molecular flexibility index (Phi) is 1.10. The molecule has 0 spiro atoms. The van der Waals surface area contributed by atoms with Crippen molar-refractivity contribution in [3.8, 4) is 0 Å². The van der Waals surface area contributed by atoms with Crippen LogP contribution in [0.2, 0.25) is 0 Å². The first-order valence-corrected chi connectivity index (χ1v) is 3.86. The second kappa shape index (κ2) is 1.82. The predicted octanol–water partition coefficient (Wildman–Crippen LogP) is 2.13. The van der Waals surface area contributed by atoms with Gasteiger partial charge in [-0.15, -0.1) is 11.3 Å². The molecule has 0 radical (unpaired) electrons. The van der Waals surface area contributed by atoms with Crippen molar-refractivity contribution in [2.75, 3.05) is 6.61 Å². The summed E-state index contributed by atoms with van der Waals surface area (Å²) >= 11 is 1.83. The molecule has 0 aliphatic carbocycles. The highest BCUT2D eigenvalue weighted by atomic mass is 32.1. The third kappa shape index (κ3) is 1.00. The Bertz CT molecular complexity index is 212. The highest BCUT2D eigenvalue weighted by Gasteiger charge is 2.25. The zero-order valence-corrected chi connectivity index (χ0v) is 6.07. The van der Waals surface area contributed by atoms with Crippen LogP contribution in [0.3, 0.4) is 0 Å². The first kappa shape index (κ1) is 5.45. The Morgan fingerprint density at radius 2 is 2.44 bits per heavy atom. The molecule has 1 nitrogen and oxygen atoms in total. The van der Waals surface area contributed by atoms with Crippen molar-refractivity contribution in [3.05, 3.63) is 21.9 Å². The summed E-state index contributed by atoms with van der Waals surface area (Å²) in [6, 6.07) is 4.29. The Labute approximate surface area is 58.3 Å². The molecule has 48 valence electrons. The highest BCUT2D eigenvalue weighted by Crippen LogP contribution is 2.34. The summed E-state index contributed by atoms with van der Waals surface area (Å²) in [5.41, 5.74) is 0. The van der Waals surface area contributed by atoms with Gasteiger partial charge >= 0.3 is 0 Å². The minimum absolute atomic E-state index is 0.448. The van der Waals surface area contributed by atoms with Gasteiger partial charge in [-0.05, 0) is 19.1 Å². The van der Waals surface area contributed by atoms with Gasteiger partial charge in [0.1, 0.15) is 6.10 Å². The van der Waals surface area contributed by atoms with E-state index in [1.54, 1.807) is 0 Å². The van der Waals surface area contributed by atoms with E-state index in [0.717, 1.165) is 6.61 Å². The summed E-state index contributed by atoms with van der Waals surface area (Å²) < 4.78 is 5.12. The van der Waals surface area contributed by atoms with Crippen molar-refractivity contribution in [2.45, 2.75) is 13.0 Å². The smallest absolute Gasteiger partial charge is 0.115 e. The molecule has 1 atom stereocenters. The Hall–Kier alpha value is -0.340. The molecule has 0 bridgehead atoms. The lowest BCUT2D eigenvalue weighted by Crippen LogP contribution is -1.65. The van der Waals surface area contributed by atoms with Crippen molar-refractivity contribution in [2.24, 2.45) is 0 Å². The van der Waals surface area contributed by atoms with Crippen LogP contribution in [0, 0.1) is 6.92 Å². The number of rotatable bonds is 1. The van der Waals surface area contributed by atoms with E-state index in [9.17, 15) is 0 Å². The van der Waals surface area contributed by atoms with Crippen molar-refractivity contribution in [1.29, 1.82) is 0 Å². The number of hydrogen-bond donors (Lipinski definition) is 0. The monoisotopic (exact) mass is 140 g/mol. The number of thiophene rings is 1. The van der Waals surface area contributed by atoms with E-state index in [0.29, 0.717) is 6.10 Å². The van der Waals surface area contributed by atoms with Crippen LogP contribution < -0.4 is 0 Å². The van der Waals surface area contributed by atoms with Crippen LogP contribution in [-0.4, -0.2) is 6.61 Å². The van der Waals surface area contributed by atoms with Crippen molar-refractivity contribution in [1.82, 2.24) is 0 Å². The number of ether oxygens (including phenoxy) is 1. The van der Waals surface area contributed by atoms with E-state index in [1.807, 2.05) is 11.3 Å². The van der Waals surface area contributed by atoms with Crippen LogP contribution in [0.1, 0.15) is 15.9 Å². The van der Waals surface area contributed by atoms with Crippen molar-refractivity contribution < 1.29 is 4.74 Å². The molecule has 2 heteroatoms. The predicted molar refractivity (Wildman–Crippen MR) is 37.7 cm³/mol. The molecule has 9 heavy (non-hydrogen) atoms. The van der Waals surface area contributed by atoms with Gasteiger partial charge in [-0.1, -0.05) is 0 Å². The summed E-state index contributed by atoms with van der Waals surface area (Å²) in [6.07, 6.45) is 0.448. The lowest BCUT2D eigenvalue weighted by Gasteiger charge is -1.80. The lowest BCUT2D eigenvalue weighted by molar-refractivity contribution is 0.418. The number of hydrogen-bond acceptors (Lipinski definition) is 2. The van der Waals surface area contributed by atoms with Gasteiger partial charge in [0.15, 0.2) is 0 Å². The molecule has 0 saturated carbocycles. The zero-order chi connectivity index (χ0) is 6.27. The van der Waals surface area contributed by atoms with E-state index in [4.69, 9.17) is 4.74 Å². The normalized spacial score (nSPS) is 24.3. The zero-order valence-electron chi connectivity index (χ0n) is 5.26. The molecule has 1 saturated heterocycles. The fraction of sp³-hybridized carbons (Fsp3) is 0.429. The SMILES string of the molecule is Cc1ccc(C2CO2)s1. The van der Waals surface area contributed by atoms with Gasteiger partial charge < -0.3 is 4.74 Å². The van der Waals surface area contributed by atoms with Gasteiger partial charge in [-0.2, -0.15) is 0 Å². The van der Waals surface area contributed by atoms with Crippen molar-refractivity contribution >= 4 is 11.3 Å². The quantitative estimate of drug-likeness (QED) is 0.544. The Morgan fingerprint density at radius 1 is 1.67 bits per heavy atom. The fourth-order valence-corrected chi connectivity index (χ4v) is 1.75. The third-order valence-corrected chi connectivity index (χ3v) is 2.50. The largest absolute Gasteiger partial charge is 0.367 e. The van der Waals surface area contributed by atoms with Crippen LogP contribution in [0.15, 0.2) is 12.1 Å². The van der Waals surface area contributed by atoms with Gasteiger partial charge in [0.05, 0.1) is 6.61 Å². The summed E-state index contributed by atoms with van der Waals surface area (Å²) in [5.74, 6) is 0. The summed E-state index contributed by atoms with van der Waals surface area (Å²) in [5, 5.41) is 0. The third-order valence-electron chi connectivity index (χ3n) is 1.41. The number of aryl methyl sites for hydroxylation is 1. The maximum Gasteiger partial charge on any atom is 0.115 e. The summed E-state index contributed by atoms with van der Waals surface area (Å²) in [6.45, 7) is 3.05. The van der Waals surface area contributed by atoms with E-state index >= 15 is 0 Å². The van der Waals surface area contributed by atoms with Gasteiger partial charge in [-0.3, -0.25) is 0 Å². The molecule has 1 aliphatic heterocycles. The maximum atomic E-state index is 5.12. The second-order valence-corrected chi connectivity index (χ2v) is 3.59. The molecule has 1 aromatic heterocycles. The van der Waals surface area contributed by atoms with Crippen LogP contribution in [-0.2, 0) is 4.74 Å². The fourth-order valence-electron chi connectivity index (χ4n) is 0.839. The standard InChI is InChI=1S/C7H8OS/c1-5-2-3-7(9-5)6-4-8-6/h2-3,6H,4H2,1H3. The summed E-state index contributed by atoms with van der Waals surface area (Å²) in [7, 11) is 0. The van der Waals surface area contributed by atoms with Gasteiger partial charge in [-0.25, -0.2) is 0 Å². The summed E-state index contributed by atoms with van der Waals surface area (Å²) in [4.78, 5) is 2.76. The molecule has 2 heterocycles. The molecule has 1 aliphatic rings. The molecule has 0 N–H and O–H groups in total. The van der Waals surface area contributed by atoms with E-state index in [-0.39, 0.29) is 0 Å². The minimum atomic E-state index is 0.448. The van der Waals surface area contributed by atoms with Gasteiger partial charge in [0.25, 0.3) is 0 Å². The highest BCUT2D eigenvalue weighted by molar-refractivity contribution is 7.12. The van der Waals surface area contributed by atoms with Crippen LogP contribution >= 0.6 is 11.3 Å². The lowest BCUT2D eigenvalue weighted by atomic mass is 10.4. The van der Waals surface area contributed by atoms with E-state index < -0.39 is 0 Å². The first-order valence-electron chi connectivity index (χ1n) is 3.04. The molecular weight excluding hydrogens is 132 g/mol. The van der Waals surface area contributed by atoms with Gasteiger partial charge in [0, 0.05) is 9.75 Å². The molecular formula is C7H8OS. The molecule has 1 fully saturated rings. The molecule has 1 aromatic rings. The van der Waals surface area contributed by atoms with Crippen LogP contribution in [0.25, 0.3) is 0 Å². The Morgan fingerprint density at radius 3 is 2.89 bits per heavy atom. The number of epoxide rings is 1. The van der Waals surface area contributed by atoms with Crippen LogP contribution in [0.5, 0.6) is 0 Å². The molecule has 0 amide bonds. The molecule has 0 aromatic carbocycles. The average Bonchev–Trinajstić information content (AvgIpc) is 2.58. The van der Waals surface area contributed by atoms with E-state index in [2.05, 4.69) is 19.1 Å². The minimum Gasteiger partial charge on any atom is -0.367 e. The van der Waals surface area contributed by atoms with E-state index in [1.165, 1.54) is 9.75 Å². The first-order chi connectivity index (χ1) is 4.36. The average molecular weight is 140 g/mol. The Balaban J connectivity index is 2.28. The topological polar surface area (TPSA) is 12.5 Å². The molecule has 2 rings (SSSR count). The molecule has 1 unspecified atom stereocenters. The van der Waals surface area contributed by atoms with Gasteiger partial charge in [0.2, 0.25) is 0 Å². The van der Waals surface area contributed by atoms with Crippen LogP contribution in [0.4, 0.5) is 0 Å². The second-order valence-electron chi connectivity index (χ2n) is 2.27. The maximum absolute atomic E-state index is 5.12. The van der Waals surface area contributed by atoms with Crippen molar-refractivity contribution in [3.63, 3.8) is 0 Å².